The maximum Gasteiger partial charge on any atom is 0.118 e. The molecule has 0 bridgehead atoms. The van der Waals surface area contributed by atoms with Crippen LogP contribution in [0.15, 0.2) is 24.3 Å². The predicted molar refractivity (Wildman–Crippen MR) is 69.6 cm³/mol. The number of nitrogens with zero attached hydrogens (tertiary/aromatic N) is 1. The summed E-state index contributed by atoms with van der Waals surface area (Å²) in [5.74, 6) is 1.70. The highest BCUT2D eigenvalue weighted by molar-refractivity contribution is 5.30. The first-order valence-electron chi connectivity index (χ1n) is 6.75. The smallest absolute Gasteiger partial charge is 0.118 e. The number of hydrogen-bond acceptors (Lipinski definition) is 2. The van der Waals surface area contributed by atoms with Gasteiger partial charge in [0.05, 0.1) is 7.11 Å². The summed E-state index contributed by atoms with van der Waals surface area (Å²) < 4.78 is 5.22. The molecule has 2 aliphatic heterocycles. The first-order valence-corrected chi connectivity index (χ1v) is 6.75. The van der Waals surface area contributed by atoms with E-state index in [4.69, 9.17) is 4.74 Å². The molecule has 0 spiro atoms. The maximum absolute atomic E-state index is 5.22. The Hall–Kier alpha value is -1.02. The zero-order valence-corrected chi connectivity index (χ0v) is 10.6. The topological polar surface area (TPSA) is 12.5 Å². The molecule has 0 saturated carbocycles. The van der Waals surface area contributed by atoms with Crippen LogP contribution in [0, 0.1) is 0 Å². The minimum absolute atomic E-state index is 0.740. The second kappa shape index (κ2) is 4.69. The molecule has 1 aromatic carbocycles. The first kappa shape index (κ1) is 11.1. The zero-order valence-electron chi connectivity index (χ0n) is 10.6. The van der Waals surface area contributed by atoms with Crippen molar-refractivity contribution in [2.45, 2.75) is 37.6 Å². The van der Waals surface area contributed by atoms with Crippen LogP contribution in [0.1, 0.15) is 37.2 Å². The molecule has 0 unspecified atom stereocenters. The van der Waals surface area contributed by atoms with E-state index in [2.05, 4.69) is 29.2 Å². The molecule has 2 heteroatoms. The Morgan fingerprint density at radius 1 is 1.18 bits per heavy atom. The van der Waals surface area contributed by atoms with Crippen LogP contribution in [0.3, 0.4) is 0 Å². The Kier molecular flexibility index (Phi) is 3.06. The average molecular weight is 231 g/mol. The van der Waals surface area contributed by atoms with Gasteiger partial charge >= 0.3 is 0 Å². The number of hydrogen-bond donors (Lipinski definition) is 0. The van der Waals surface area contributed by atoms with Crippen molar-refractivity contribution < 1.29 is 4.74 Å². The van der Waals surface area contributed by atoms with Gasteiger partial charge in [-0.25, -0.2) is 0 Å². The molecule has 0 N–H and O–H groups in total. The summed E-state index contributed by atoms with van der Waals surface area (Å²) in [5, 5.41) is 0. The largest absolute Gasteiger partial charge is 0.497 e. The molecule has 0 aliphatic carbocycles. The third kappa shape index (κ3) is 2.19. The summed E-state index contributed by atoms with van der Waals surface area (Å²) in [6, 6.07) is 9.51. The Morgan fingerprint density at radius 3 is 2.71 bits per heavy atom. The van der Waals surface area contributed by atoms with E-state index < -0.39 is 0 Å². The van der Waals surface area contributed by atoms with Crippen molar-refractivity contribution in [2.75, 3.05) is 20.2 Å². The third-order valence-electron chi connectivity index (χ3n) is 4.35. The van der Waals surface area contributed by atoms with E-state index in [1.807, 2.05) is 0 Å². The Labute approximate surface area is 104 Å². The molecular weight excluding hydrogens is 210 g/mol. The quantitative estimate of drug-likeness (QED) is 0.775. The lowest BCUT2D eigenvalue weighted by Crippen LogP contribution is -2.33. The van der Waals surface area contributed by atoms with Crippen molar-refractivity contribution in [1.29, 1.82) is 0 Å². The lowest BCUT2D eigenvalue weighted by molar-refractivity contribution is 0.197. The predicted octanol–water partition coefficient (Wildman–Crippen LogP) is 3.04. The highest BCUT2D eigenvalue weighted by Crippen LogP contribution is 2.36. The van der Waals surface area contributed by atoms with Crippen LogP contribution in [-0.2, 0) is 0 Å². The Balaban J connectivity index is 1.72. The van der Waals surface area contributed by atoms with Gasteiger partial charge in [-0.2, -0.15) is 0 Å². The van der Waals surface area contributed by atoms with Gasteiger partial charge < -0.3 is 4.74 Å². The average Bonchev–Trinajstić information content (AvgIpc) is 2.82. The molecule has 2 nitrogen and oxygen atoms in total. The molecule has 1 aromatic rings. The summed E-state index contributed by atoms with van der Waals surface area (Å²) in [7, 11) is 1.73. The molecule has 2 aliphatic rings. The monoisotopic (exact) mass is 231 g/mol. The second-order valence-corrected chi connectivity index (χ2v) is 5.35. The lowest BCUT2D eigenvalue weighted by Gasteiger charge is -2.28. The number of piperidine rings is 1. The van der Waals surface area contributed by atoms with Gasteiger partial charge in [0, 0.05) is 12.6 Å². The van der Waals surface area contributed by atoms with E-state index in [9.17, 15) is 0 Å². The van der Waals surface area contributed by atoms with Crippen molar-refractivity contribution in [1.82, 2.24) is 4.90 Å². The molecule has 2 atom stereocenters. The number of fused-ring (bicyclic) bond motifs is 1. The van der Waals surface area contributed by atoms with Crippen LogP contribution in [-0.4, -0.2) is 31.1 Å². The molecule has 0 aromatic heterocycles. The van der Waals surface area contributed by atoms with Crippen LogP contribution in [0.4, 0.5) is 0 Å². The summed E-state index contributed by atoms with van der Waals surface area (Å²) in [5.41, 5.74) is 1.49. The van der Waals surface area contributed by atoms with Gasteiger partial charge in [-0.05, 0) is 49.4 Å². The van der Waals surface area contributed by atoms with Crippen molar-refractivity contribution in [3.63, 3.8) is 0 Å². The van der Waals surface area contributed by atoms with Crippen LogP contribution in [0.2, 0.25) is 0 Å². The number of benzene rings is 1. The molecule has 3 rings (SSSR count). The van der Waals surface area contributed by atoms with E-state index in [0.29, 0.717) is 0 Å². The second-order valence-electron chi connectivity index (χ2n) is 5.35. The van der Waals surface area contributed by atoms with E-state index in [1.54, 1.807) is 7.11 Å². The fourth-order valence-electron chi connectivity index (χ4n) is 3.37. The summed E-state index contributed by atoms with van der Waals surface area (Å²) in [6.07, 6.45) is 5.58. The standard InChI is InChI=1S/C15H21NO/c1-17-15-7-5-12(6-8-15)13-10-14-4-2-3-9-16(14)11-13/h5-8,13-14H,2-4,9-11H2,1H3/t13-,14-/m0/s1. The van der Waals surface area contributed by atoms with Crippen molar-refractivity contribution >= 4 is 0 Å². The van der Waals surface area contributed by atoms with Gasteiger partial charge in [0.2, 0.25) is 0 Å². The minimum atomic E-state index is 0.740. The van der Waals surface area contributed by atoms with Crippen molar-refractivity contribution in [3.8, 4) is 5.75 Å². The van der Waals surface area contributed by atoms with Gasteiger partial charge in [0.25, 0.3) is 0 Å². The van der Waals surface area contributed by atoms with E-state index in [-0.39, 0.29) is 0 Å². The number of methoxy groups -OCH3 is 1. The molecule has 0 radical (unpaired) electrons. The molecule has 0 amide bonds. The van der Waals surface area contributed by atoms with Gasteiger partial charge in [-0.1, -0.05) is 18.6 Å². The highest BCUT2D eigenvalue weighted by atomic mass is 16.5. The Morgan fingerprint density at radius 2 is 2.00 bits per heavy atom. The van der Waals surface area contributed by atoms with E-state index in [1.165, 1.54) is 44.3 Å². The maximum atomic E-state index is 5.22. The highest BCUT2D eigenvalue weighted by Gasteiger charge is 2.33. The summed E-state index contributed by atoms with van der Waals surface area (Å²) in [6.45, 7) is 2.58. The number of rotatable bonds is 2. The van der Waals surface area contributed by atoms with Crippen molar-refractivity contribution in [3.05, 3.63) is 29.8 Å². The van der Waals surface area contributed by atoms with Crippen LogP contribution in [0.5, 0.6) is 5.75 Å². The molecule has 2 heterocycles. The van der Waals surface area contributed by atoms with Gasteiger partial charge in [-0.3, -0.25) is 4.90 Å². The van der Waals surface area contributed by atoms with Gasteiger partial charge in [-0.15, -0.1) is 0 Å². The van der Waals surface area contributed by atoms with Crippen LogP contribution in [0.25, 0.3) is 0 Å². The SMILES string of the molecule is COc1ccc([C@H]2C[C@@H]3CCCCN3C2)cc1. The van der Waals surface area contributed by atoms with Crippen LogP contribution >= 0.6 is 0 Å². The van der Waals surface area contributed by atoms with Gasteiger partial charge in [0.1, 0.15) is 5.75 Å². The summed E-state index contributed by atoms with van der Waals surface area (Å²) in [4.78, 5) is 2.69. The zero-order chi connectivity index (χ0) is 11.7. The van der Waals surface area contributed by atoms with E-state index in [0.717, 1.165) is 17.7 Å². The molecular formula is C15H21NO. The summed E-state index contributed by atoms with van der Waals surface area (Å²) >= 11 is 0. The fourth-order valence-corrected chi connectivity index (χ4v) is 3.37. The molecule has 17 heavy (non-hydrogen) atoms. The molecule has 92 valence electrons. The normalized spacial score (nSPS) is 29.0. The van der Waals surface area contributed by atoms with Crippen LogP contribution < -0.4 is 4.74 Å². The molecule has 2 saturated heterocycles. The van der Waals surface area contributed by atoms with E-state index >= 15 is 0 Å². The first-order chi connectivity index (χ1) is 8.36. The van der Waals surface area contributed by atoms with Gasteiger partial charge in [0.15, 0.2) is 0 Å². The minimum Gasteiger partial charge on any atom is -0.497 e. The number of ether oxygens (including phenoxy) is 1. The Bertz CT molecular complexity index is 359. The van der Waals surface area contributed by atoms with Crippen molar-refractivity contribution in [2.24, 2.45) is 0 Å². The third-order valence-corrected chi connectivity index (χ3v) is 4.35. The lowest BCUT2D eigenvalue weighted by atomic mass is 9.94. The fraction of sp³-hybridized carbons (Fsp3) is 0.600. The molecule has 2 fully saturated rings.